The summed E-state index contributed by atoms with van der Waals surface area (Å²) < 4.78 is 39.1. The second-order valence-electron chi connectivity index (χ2n) is 5.22. The summed E-state index contributed by atoms with van der Waals surface area (Å²) >= 11 is 5.67. The maximum atomic E-state index is 13.0. The zero-order valence-corrected chi connectivity index (χ0v) is 11.8. The van der Waals surface area contributed by atoms with Crippen LogP contribution in [0.15, 0.2) is 18.2 Å². The van der Waals surface area contributed by atoms with Gasteiger partial charge in [-0.3, -0.25) is 0 Å². The molecule has 112 valence electrons. The molecule has 6 heteroatoms. The molecule has 1 saturated carbocycles. The van der Waals surface area contributed by atoms with E-state index in [1.165, 1.54) is 12.1 Å². The fourth-order valence-corrected chi connectivity index (χ4v) is 2.93. The first-order valence-corrected chi connectivity index (χ1v) is 7.13. The highest BCUT2D eigenvalue weighted by molar-refractivity contribution is 6.30. The van der Waals surface area contributed by atoms with Gasteiger partial charge < -0.3 is 11.1 Å². The Bertz CT molecular complexity index is 462. The molecule has 0 aliphatic heterocycles. The quantitative estimate of drug-likeness (QED) is 0.874. The van der Waals surface area contributed by atoms with Gasteiger partial charge in [0.1, 0.15) is 0 Å². The third-order valence-electron chi connectivity index (χ3n) is 3.84. The lowest BCUT2D eigenvalue weighted by atomic mass is 9.84. The maximum absolute atomic E-state index is 13.0. The van der Waals surface area contributed by atoms with Crippen molar-refractivity contribution in [1.29, 1.82) is 0 Å². The van der Waals surface area contributed by atoms with Crippen LogP contribution >= 0.6 is 11.6 Å². The Balaban J connectivity index is 2.24. The summed E-state index contributed by atoms with van der Waals surface area (Å²) in [6.45, 7) is 0.493. The standard InChI is InChI=1S/C14H18ClF3N2/c15-10-5-6-13(11(7-10)14(16,17)18)20-12-4-2-1-3-9(12)8-19/h5-7,9,12,20H,1-4,8,19H2. The molecule has 3 N–H and O–H groups in total. The number of hydrogen-bond acceptors (Lipinski definition) is 2. The van der Waals surface area contributed by atoms with Crippen LogP contribution < -0.4 is 11.1 Å². The molecule has 2 rings (SSSR count). The second-order valence-corrected chi connectivity index (χ2v) is 5.66. The molecule has 2 nitrogen and oxygen atoms in total. The summed E-state index contributed by atoms with van der Waals surface area (Å²) in [4.78, 5) is 0. The summed E-state index contributed by atoms with van der Waals surface area (Å²) in [7, 11) is 0. The van der Waals surface area contributed by atoms with Gasteiger partial charge in [0.2, 0.25) is 0 Å². The van der Waals surface area contributed by atoms with Crippen LogP contribution in [0.3, 0.4) is 0 Å². The van der Waals surface area contributed by atoms with Crippen molar-refractivity contribution < 1.29 is 13.2 Å². The molecule has 1 aliphatic rings. The van der Waals surface area contributed by atoms with Crippen molar-refractivity contribution in [3.8, 4) is 0 Å². The van der Waals surface area contributed by atoms with Crippen molar-refractivity contribution in [3.05, 3.63) is 28.8 Å². The largest absolute Gasteiger partial charge is 0.418 e. The van der Waals surface area contributed by atoms with E-state index < -0.39 is 11.7 Å². The molecule has 0 bridgehead atoms. The lowest BCUT2D eigenvalue weighted by Gasteiger charge is -2.33. The van der Waals surface area contributed by atoms with E-state index in [4.69, 9.17) is 17.3 Å². The van der Waals surface area contributed by atoms with Gasteiger partial charge in [-0.15, -0.1) is 0 Å². The predicted octanol–water partition coefficient (Wildman–Crippen LogP) is 4.29. The van der Waals surface area contributed by atoms with Crippen molar-refractivity contribution in [2.75, 3.05) is 11.9 Å². The van der Waals surface area contributed by atoms with Gasteiger partial charge in [-0.05, 0) is 43.5 Å². The Labute approximate surface area is 121 Å². The molecule has 2 unspecified atom stereocenters. The molecule has 0 aromatic heterocycles. The number of nitrogens with one attached hydrogen (secondary N) is 1. The van der Waals surface area contributed by atoms with Gasteiger partial charge in [0, 0.05) is 16.8 Å². The van der Waals surface area contributed by atoms with Crippen LogP contribution in [0.1, 0.15) is 31.2 Å². The molecule has 2 atom stereocenters. The van der Waals surface area contributed by atoms with E-state index in [1.807, 2.05) is 0 Å². The van der Waals surface area contributed by atoms with Crippen LogP contribution in [0.2, 0.25) is 5.02 Å². The van der Waals surface area contributed by atoms with Crippen LogP contribution in [0.5, 0.6) is 0 Å². The Morgan fingerprint density at radius 3 is 2.60 bits per heavy atom. The lowest BCUT2D eigenvalue weighted by molar-refractivity contribution is -0.137. The van der Waals surface area contributed by atoms with Gasteiger partial charge in [0.15, 0.2) is 0 Å². The minimum Gasteiger partial charge on any atom is -0.381 e. The van der Waals surface area contributed by atoms with Crippen molar-refractivity contribution in [2.24, 2.45) is 11.7 Å². The highest BCUT2D eigenvalue weighted by atomic mass is 35.5. The van der Waals surface area contributed by atoms with Crippen LogP contribution in [0.25, 0.3) is 0 Å². The normalized spacial score (nSPS) is 23.6. The minimum atomic E-state index is -4.42. The Hall–Kier alpha value is -0.940. The van der Waals surface area contributed by atoms with Gasteiger partial charge >= 0.3 is 6.18 Å². The van der Waals surface area contributed by atoms with Crippen molar-refractivity contribution >= 4 is 17.3 Å². The SMILES string of the molecule is NCC1CCCCC1Nc1ccc(Cl)cc1C(F)(F)F. The zero-order chi connectivity index (χ0) is 14.8. The van der Waals surface area contributed by atoms with E-state index in [-0.39, 0.29) is 22.7 Å². The summed E-state index contributed by atoms with van der Waals surface area (Å²) in [5.74, 6) is 0.223. The molecule has 1 aromatic carbocycles. The van der Waals surface area contributed by atoms with Crippen molar-refractivity contribution in [1.82, 2.24) is 0 Å². The fourth-order valence-electron chi connectivity index (χ4n) is 2.76. The molecule has 0 radical (unpaired) electrons. The monoisotopic (exact) mass is 306 g/mol. The van der Waals surface area contributed by atoms with Crippen molar-refractivity contribution in [2.45, 2.75) is 37.9 Å². The topological polar surface area (TPSA) is 38.0 Å². The number of benzene rings is 1. The molecule has 0 heterocycles. The average Bonchev–Trinajstić information content (AvgIpc) is 2.40. The van der Waals surface area contributed by atoms with Gasteiger partial charge in [-0.25, -0.2) is 0 Å². The molecule has 0 amide bonds. The molecule has 0 spiro atoms. The third-order valence-corrected chi connectivity index (χ3v) is 4.07. The molecule has 1 fully saturated rings. The number of anilines is 1. The smallest absolute Gasteiger partial charge is 0.381 e. The Kier molecular flexibility index (Phi) is 4.81. The lowest BCUT2D eigenvalue weighted by Crippen LogP contribution is -2.37. The van der Waals surface area contributed by atoms with Crippen molar-refractivity contribution in [3.63, 3.8) is 0 Å². The summed E-state index contributed by atoms with van der Waals surface area (Å²) in [5.41, 5.74) is 5.09. The maximum Gasteiger partial charge on any atom is 0.418 e. The van der Waals surface area contributed by atoms with Gasteiger partial charge in [0.05, 0.1) is 5.56 Å². The summed E-state index contributed by atoms with van der Waals surface area (Å²) in [6.07, 6.45) is -0.499. The molecular formula is C14H18ClF3N2. The fraction of sp³-hybridized carbons (Fsp3) is 0.571. The summed E-state index contributed by atoms with van der Waals surface area (Å²) in [5, 5.41) is 3.11. The van der Waals surface area contributed by atoms with E-state index in [9.17, 15) is 13.2 Å². The Morgan fingerprint density at radius 1 is 1.25 bits per heavy atom. The van der Waals surface area contributed by atoms with E-state index in [2.05, 4.69) is 5.32 Å². The Morgan fingerprint density at radius 2 is 1.95 bits per heavy atom. The number of nitrogens with two attached hydrogens (primary N) is 1. The van der Waals surface area contributed by atoms with Crippen LogP contribution in [0.4, 0.5) is 18.9 Å². The highest BCUT2D eigenvalue weighted by Gasteiger charge is 2.35. The van der Waals surface area contributed by atoms with E-state index in [1.54, 1.807) is 0 Å². The number of rotatable bonds is 3. The highest BCUT2D eigenvalue weighted by Crippen LogP contribution is 2.38. The number of halogens is 4. The van der Waals surface area contributed by atoms with Gasteiger partial charge in [-0.1, -0.05) is 24.4 Å². The first-order chi connectivity index (χ1) is 9.41. The average molecular weight is 307 g/mol. The van der Waals surface area contributed by atoms with Crippen LogP contribution in [-0.4, -0.2) is 12.6 Å². The second kappa shape index (κ2) is 6.22. The predicted molar refractivity (Wildman–Crippen MR) is 74.9 cm³/mol. The minimum absolute atomic E-state index is 0.00368. The molecule has 0 saturated heterocycles. The van der Waals surface area contributed by atoms with Crippen LogP contribution in [-0.2, 0) is 6.18 Å². The number of alkyl halides is 3. The third kappa shape index (κ3) is 3.58. The first kappa shape index (κ1) is 15.4. The van der Waals surface area contributed by atoms with E-state index in [0.717, 1.165) is 31.7 Å². The van der Waals surface area contributed by atoms with Gasteiger partial charge in [0.25, 0.3) is 0 Å². The van der Waals surface area contributed by atoms with E-state index in [0.29, 0.717) is 6.54 Å². The number of hydrogen-bond donors (Lipinski definition) is 2. The molecule has 20 heavy (non-hydrogen) atoms. The van der Waals surface area contributed by atoms with Crippen LogP contribution in [0, 0.1) is 5.92 Å². The summed E-state index contributed by atoms with van der Waals surface area (Å²) in [6, 6.07) is 3.83. The molecule has 1 aromatic rings. The first-order valence-electron chi connectivity index (χ1n) is 6.75. The van der Waals surface area contributed by atoms with E-state index >= 15 is 0 Å². The molecule has 1 aliphatic carbocycles. The molecular weight excluding hydrogens is 289 g/mol. The zero-order valence-electron chi connectivity index (χ0n) is 11.0. The van der Waals surface area contributed by atoms with Gasteiger partial charge in [-0.2, -0.15) is 13.2 Å².